The third kappa shape index (κ3) is 4.73. The van der Waals surface area contributed by atoms with Crippen LogP contribution in [0.1, 0.15) is 24.3 Å². The van der Waals surface area contributed by atoms with E-state index in [9.17, 15) is 14.9 Å². The SMILES string of the molecule is Cl.Cn1cc([C@H]2CNC[C@@H]2C(=O)N2CCC(Oc3ccc([N+](=O)[O-])cc3)CC2)cn1. The summed E-state index contributed by atoms with van der Waals surface area (Å²) in [6, 6.07) is 6.13. The van der Waals surface area contributed by atoms with Crippen LogP contribution in [0.2, 0.25) is 0 Å². The van der Waals surface area contributed by atoms with Gasteiger partial charge in [0.05, 0.1) is 17.0 Å². The predicted molar refractivity (Wildman–Crippen MR) is 113 cm³/mol. The van der Waals surface area contributed by atoms with E-state index in [-0.39, 0.29) is 41.9 Å². The van der Waals surface area contributed by atoms with E-state index in [0.717, 1.165) is 24.9 Å². The average Bonchev–Trinajstić information content (AvgIpc) is 3.37. The Morgan fingerprint density at radius 1 is 1.23 bits per heavy atom. The zero-order valence-corrected chi connectivity index (χ0v) is 17.6. The smallest absolute Gasteiger partial charge is 0.269 e. The molecule has 1 aromatic carbocycles. The van der Waals surface area contributed by atoms with Crippen LogP contribution in [-0.2, 0) is 11.8 Å². The highest BCUT2D eigenvalue weighted by Crippen LogP contribution is 2.30. The minimum absolute atomic E-state index is 0. The van der Waals surface area contributed by atoms with Crippen molar-refractivity contribution >= 4 is 24.0 Å². The van der Waals surface area contributed by atoms with Gasteiger partial charge in [-0.15, -0.1) is 12.4 Å². The van der Waals surface area contributed by atoms with Gasteiger partial charge in [-0.3, -0.25) is 19.6 Å². The van der Waals surface area contributed by atoms with Crippen molar-refractivity contribution in [1.29, 1.82) is 0 Å². The standard InChI is InChI=1S/C20H25N5O4.ClH/c1-23-13-14(10-22-23)18-11-21-12-19(18)20(26)24-8-6-17(7-9-24)29-16-4-2-15(3-5-16)25(27)28;/h2-5,10,13,17-19,21H,6-9,11-12H2,1H3;1H/t18-,19+;/m1./s1. The van der Waals surface area contributed by atoms with Gasteiger partial charge < -0.3 is 15.0 Å². The molecular formula is C20H26ClN5O4. The van der Waals surface area contributed by atoms with E-state index in [4.69, 9.17) is 4.74 Å². The minimum atomic E-state index is -0.426. The molecule has 0 bridgehead atoms. The molecule has 2 saturated heterocycles. The molecule has 0 saturated carbocycles. The summed E-state index contributed by atoms with van der Waals surface area (Å²) in [7, 11) is 1.89. The van der Waals surface area contributed by atoms with E-state index in [2.05, 4.69) is 10.4 Å². The lowest BCUT2D eigenvalue weighted by Crippen LogP contribution is -2.45. The highest BCUT2D eigenvalue weighted by Gasteiger charge is 2.38. The van der Waals surface area contributed by atoms with Crippen molar-refractivity contribution in [3.05, 3.63) is 52.3 Å². The molecule has 2 fully saturated rings. The van der Waals surface area contributed by atoms with E-state index in [1.807, 2.05) is 24.3 Å². The minimum Gasteiger partial charge on any atom is -0.490 e. The first-order chi connectivity index (χ1) is 14.0. The number of aromatic nitrogens is 2. The Hall–Kier alpha value is -2.65. The largest absolute Gasteiger partial charge is 0.490 e. The lowest BCUT2D eigenvalue weighted by molar-refractivity contribution is -0.384. The highest BCUT2D eigenvalue weighted by atomic mass is 35.5. The number of aryl methyl sites for hydroxylation is 1. The van der Waals surface area contributed by atoms with Gasteiger partial charge in [-0.1, -0.05) is 0 Å². The van der Waals surface area contributed by atoms with Gasteiger partial charge >= 0.3 is 0 Å². The van der Waals surface area contributed by atoms with Crippen LogP contribution in [0.3, 0.4) is 0 Å². The molecule has 0 spiro atoms. The molecule has 0 unspecified atom stereocenters. The number of non-ortho nitro benzene ring substituents is 1. The molecule has 1 aromatic heterocycles. The Bertz CT molecular complexity index is 880. The zero-order valence-electron chi connectivity index (χ0n) is 16.8. The summed E-state index contributed by atoms with van der Waals surface area (Å²) in [5.41, 5.74) is 1.15. The number of likely N-dealkylation sites (tertiary alicyclic amines) is 1. The molecule has 9 nitrogen and oxygen atoms in total. The predicted octanol–water partition coefficient (Wildman–Crippen LogP) is 2.12. The third-order valence-corrected chi connectivity index (χ3v) is 5.79. The summed E-state index contributed by atoms with van der Waals surface area (Å²) in [6.45, 7) is 2.80. The number of nitrogens with zero attached hydrogens (tertiary/aromatic N) is 4. The fraction of sp³-hybridized carbons (Fsp3) is 0.500. The summed E-state index contributed by atoms with van der Waals surface area (Å²) >= 11 is 0. The van der Waals surface area contributed by atoms with E-state index in [1.165, 1.54) is 12.1 Å². The Balaban J connectivity index is 0.00000256. The fourth-order valence-corrected chi connectivity index (χ4v) is 4.19. The molecule has 2 atom stereocenters. The van der Waals surface area contributed by atoms with Crippen molar-refractivity contribution in [1.82, 2.24) is 20.0 Å². The molecule has 0 radical (unpaired) electrons. The second-order valence-electron chi connectivity index (χ2n) is 7.71. The van der Waals surface area contributed by atoms with Gasteiger partial charge in [0.15, 0.2) is 0 Å². The van der Waals surface area contributed by atoms with Gasteiger partial charge in [0, 0.05) is 70.3 Å². The molecule has 2 aliphatic rings. The maximum Gasteiger partial charge on any atom is 0.269 e. The fourth-order valence-electron chi connectivity index (χ4n) is 4.19. The quantitative estimate of drug-likeness (QED) is 0.570. The zero-order chi connectivity index (χ0) is 20.4. The Morgan fingerprint density at radius 3 is 2.53 bits per heavy atom. The van der Waals surface area contributed by atoms with Crippen molar-refractivity contribution in [2.45, 2.75) is 24.9 Å². The molecule has 4 rings (SSSR count). The lowest BCUT2D eigenvalue weighted by atomic mass is 9.89. The number of hydrogen-bond acceptors (Lipinski definition) is 6. The van der Waals surface area contributed by atoms with Gasteiger partial charge in [-0.05, 0) is 17.7 Å². The van der Waals surface area contributed by atoms with Gasteiger partial charge in [-0.25, -0.2) is 0 Å². The number of nitro groups is 1. The maximum absolute atomic E-state index is 13.1. The van der Waals surface area contributed by atoms with Crippen molar-refractivity contribution in [3.8, 4) is 5.75 Å². The second kappa shape index (κ2) is 9.44. The average molecular weight is 436 g/mol. The number of halogens is 1. The first-order valence-corrected chi connectivity index (χ1v) is 9.90. The van der Waals surface area contributed by atoms with Crippen LogP contribution in [-0.4, -0.2) is 57.8 Å². The Kier molecular flexibility index (Phi) is 6.94. The topological polar surface area (TPSA) is 103 Å². The number of amides is 1. The number of ether oxygens (including phenoxy) is 1. The molecule has 1 N–H and O–H groups in total. The molecule has 3 heterocycles. The van der Waals surface area contributed by atoms with E-state index < -0.39 is 4.92 Å². The maximum atomic E-state index is 13.1. The summed E-state index contributed by atoms with van der Waals surface area (Å²) in [5.74, 6) is 0.909. The van der Waals surface area contributed by atoms with E-state index in [1.54, 1.807) is 16.8 Å². The first-order valence-electron chi connectivity index (χ1n) is 9.90. The normalized spacial score (nSPS) is 21.8. The van der Waals surface area contributed by atoms with Gasteiger partial charge in [0.1, 0.15) is 11.9 Å². The van der Waals surface area contributed by atoms with Crippen LogP contribution in [0.25, 0.3) is 0 Å². The van der Waals surface area contributed by atoms with E-state index in [0.29, 0.717) is 25.4 Å². The van der Waals surface area contributed by atoms with E-state index >= 15 is 0 Å². The van der Waals surface area contributed by atoms with Crippen LogP contribution >= 0.6 is 12.4 Å². The van der Waals surface area contributed by atoms with Crippen LogP contribution in [0, 0.1) is 16.0 Å². The monoisotopic (exact) mass is 435 g/mol. The highest BCUT2D eigenvalue weighted by molar-refractivity contribution is 5.85. The van der Waals surface area contributed by atoms with Crippen LogP contribution < -0.4 is 10.1 Å². The first kappa shape index (κ1) is 22.0. The summed E-state index contributed by atoms with van der Waals surface area (Å²) in [5, 5.41) is 18.3. The van der Waals surface area contributed by atoms with Crippen molar-refractivity contribution in [2.24, 2.45) is 13.0 Å². The third-order valence-electron chi connectivity index (χ3n) is 5.79. The number of benzene rings is 1. The number of nitrogens with one attached hydrogen (secondary N) is 1. The van der Waals surface area contributed by atoms with Crippen molar-refractivity contribution < 1.29 is 14.5 Å². The second-order valence-corrected chi connectivity index (χ2v) is 7.71. The molecule has 2 aromatic rings. The number of nitro benzene ring substituents is 1. The molecule has 0 aliphatic carbocycles. The molecule has 1 amide bonds. The number of carbonyl (C=O) groups is 1. The van der Waals surface area contributed by atoms with Gasteiger partial charge in [-0.2, -0.15) is 5.10 Å². The van der Waals surface area contributed by atoms with Crippen LogP contribution in [0.4, 0.5) is 5.69 Å². The molecular weight excluding hydrogens is 410 g/mol. The Morgan fingerprint density at radius 2 is 1.93 bits per heavy atom. The van der Waals surface area contributed by atoms with Gasteiger partial charge in [0.2, 0.25) is 5.91 Å². The lowest BCUT2D eigenvalue weighted by Gasteiger charge is -2.34. The van der Waals surface area contributed by atoms with Crippen LogP contribution in [0.15, 0.2) is 36.7 Å². The Labute approximate surface area is 180 Å². The molecule has 30 heavy (non-hydrogen) atoms. The number of piperidine rings is 1. The van der Waals surface area contributed by atoms with Gasteiger partial charge in [0.25, 0.3) is 5.69 Å². The molecule has 2 aliphatic heterocycles. The summed E-state index contributed by atoms with van der Waals surface area (Å²) in [6.07, 6.45) is 5.35. The number of rotatable bonds is 5. The summed E-state index contributed by atoms with van der Waals surface area (Å²) < 4.78 is 7.73. The van der Waals surface area contributed by atoms with Crippen molar-refractivity contribution in [3.63, 3.8) is 0 Å². The number of carbonyl (C=O) groups excluding carboxylic acids is 1. The number of hydrogen-bond donors (Lipinski definition) is 1. The molecule has 10 heteroatoms. The molecule has 162 valence electrons. The van der Waals surface area contributed by atoms with Crippen LogP contribution in [0.5, 0.6) is 5.75 Å². The summed E-state index contributed by atoms with van der Waals surface area (Å²) in [4.78, 5) is 25.4. The van der Waals surface area contributed by atoms with Crippen molar-refractivity contribution in [2.75, 3.05) is 26.2 Å².